The Bertz CT molecular complexity index is 751. The van der Waals surface area contributed by atoms with E-state index in [0.29, 0.717) is 17.4 Å². The molecule has 0 bridgehead atoms. The van der Waals surface area contributed by atoms with Gasteiger partial charge < -0.3 is 15.2 Å². The van der Waals surface area contributed by atoms with Gasteiger partial charge in [0.1, 0.15) is 5.75 Å². The Morgan fingerprint density at radius 2 is 1.75 bits per heavy atom. The van der Waals surface area contributed by atoms with Crippen LogP contribution in [0, 0.1) is 0 Å². The van der Waals surface area contributed by atoms with Gasteiger partial charge in [0.15, 0.2) is 0 Å². The molecule has 2 N–H and O–H groups in total. The van der Waals surface area contributed by atoms with E-state index in [0.717, 1.165) is 16.5 Å². The second-order valence-electron chi connectivity index (χ2n) is 4.33. The van der Waals surface area contributed by atoms with Crippen molar-refractivity contribution in [3.05, 3.63) is 54.6 Å². The van der Waals surface area contributed by atoms with Crippen LogP contribution in [0.3, 0.4) is 0 Å². The van der Waals surface area contributed by atoms with Crippen molar-refractivity contribution in [3.8, 4) is 17.5 Å². The van der Waals surface area contributed by atoms with Gasteiger partial charge in [-0.25, -0.2) is 0 Å². The highest BCUT2D eigenvalue weighted by Crippen LogP contribution is 2.30. The van der Waals surface area contributed by atoms with Crippen molar-refractivity contribution in [2.24, 2.45) is 0 Å². The molecule has 0 atom stereocenters. The van der Waals surface area contributed by atoms with Crippen molar-refractivity contribution in [2.75, 3.05) is 12.8 Å². The molecule has 0 saturated heterocycles. The molecule has 100 valence electrons. The number of fused-ring (bicyclic) bond motifs is 1. The van der Waals surface area contributed by atoms with E-state index >= 15 is 0 Å². The minimum atomic E-state index is 0.364. The molecular formula is C16H14N2O2. The molecule has 0 fully saturated rings. The number of hydrogen-bond donors (Lipinski definition) is 1. The Kier molecular flexibility index (Phi) is 3.13. The molecule has 3 aromatic rings. The number of aromatic nitrogens is 1. The van der Waals surface area contributed by atoms with Crippen LogP contribution in [0.4, 0.5) is 5.69 Å². The molecule has 0 spiro atoms. The van der Waals surface area contributed by atoms with Gasteiger partial charge in [0.2, 0.25) is 11.8 Å². The van der Waals surface area contributed by atoms with E-state index < -0.39 is 0 Å². The lowest BCUT2D eigenvalue weighted by atomic mass is 10.1. The van der Waals surface area contributed by atoms with Crippen LogP contribution >= 0.6 is 0 Å². The van der Waals surface area contributed by atoms with Gasteiger partial charge >= 0.3 is 0 Å². The van der Waals surface area contributed by atoms with Crippen LogP contribution in [0.1, 0.15) is 0 Å². The van der Waals surface area contributed by atoms with Gasteiger partial charge in [-0.3, -0.25) is 0 Å². The first-order chi connectivity index (χ1) is 9.78. The zero-order valence-electron chi connectivity index (χ0n) is 11.0. The average molecular weight is 266 g/mol. The number of anilines is 1. The minimum Gasteiger partial charge on any atom is -0.479 e. The van der Waals surface area contributed by atoms with E-state index in [9.17, 15) is 0 Å². The lowest BCUT2D eigenvalue weighted by Gasteiger charge is -2.10. The van der Waals surface area contributed by atoms with Crippen LogP contribution in [-0.4, -0.2) is 12.1 Å². The van der Waals surface area contributed by atoms with E-state index in [2.05, 4.69) is 4.98 Å². The largest absolute Gasteiger partial charge is 0.479 e. The van der Waals surface area contributed by atoms with Gasteiger partial charge in [-0.2, -0.15) is 4.98 Å². The summed E-state index contributed by atoms with van der Waals surface area (Å²) in [5, 5.41) is 2.15. The summed E-state index contributed by atoms with van der Waals surface area (Å²) in [5.41, 5.74) is 6.22. The van der Waals surface area contributed by atoms with Crippen molar-refractivity contribution < 1.29 is 9.47 Å². The summed E-state index contributed by atoms with van der Waals surface area (Å²) in [5.74, 6) is 1.57. The minimum absolute atomic E-state index is 0.364. The van der Waals surface area contributed by atoms with Crippen LogP contribution in [0.2, 0.25) is 0 Å². The standard InChI is InChI=1S/C16H14N2O2/c1-19-16-13(17)9-10-15(18-16)20-14-8-4-6-11-5-2-3-7-12(11)14/h2-10H,17H2,1H3. The molecule has 0 aliphatic heterocycles. The first kappa shape index (κ1) is 12.3. The molecule has 0 aliphatic rings. The Morgan fingerprint density at radius 1 is 0.950 bits per heavy atom. The molecule has 4 heteroatoms. The highest BCUT2D eigenvalue weighted by Gasteiger charge is 2.07. The summed E-state index contributed by atoms with van der Waals surface area (Å²) in [6.07, 6.45) is 0. The van der Waals surface area contributed by atoms with Crippen LogP contribution in [0.25, 0.3) is 10.8 Å². The van der Waals surface area contributed by atoms with Crippen molar-refractivity contribution in [1.82, 2.24) is 4.98 Å². The predicted molar refractivity (Wildman–Crippen MR) is 79.2 cm³/mol. The third kappa shape index (κ3) is 2.23. The number of methoxy groups -OCH3 is 1. The van der Waals surface area contributed by atoms with E-state index in [1.54, 1.807) is 12.1 Å². The highest BCUT2D eigenvalue weighted by atomic mass is 16.5. The number of nitrogen functional groups attached to an aromatic ring is 1. The number of hydrogen-bond acceptors (Lipinski definition) is 4. The van der Waals surface area contributed by atoms with Crippen molar-refractivity contribution >= 4 is 16.5 Å². The van der Waals surface area contributed by atoms with E-state index in [1.807, 2.05) is 42.5 Å². The summed E-state index contributed by atoms with van der Waals surface area (Å²) >= 11 is 0. The maximum atomic E-state index is 5.84. The average Bonchev–Trinajstić information content (AvgIpc) is 2.49. The molecular weight excluding hydrogens is 252 g/mol. The number of benzene rings is 2. The van der Waals surface area contributed by atoms with Crippen LogP contribution in [0.5, 0.6) is 17.5 Å². The lowest BCUT2D eigenvalue weighted by Crippen LogP contribution is -1.97. The summed E-state index contributed by atoms with van der Waals surface area (Å²) < 4.78 is 10.9. The Balaban J connectivity index is 2.01. The molecule has 2 aromatic carbocycles. The summed E-state index contributed by atoms with van der Waals surface area (Å²) in [7, 11) is 1.53. The number of ether oxygens (including phenoxy) is 2. The molecule has 0 aliphatic carbocycles. The highest BCUT2D eigenvalue weighted by molar-refractivity contribution is 5.88. The van der Waals surface area contributed by atoms with Crippen LogP contribution < -0.4 is 15.2 Å². The Labute approximate surface area is 116 Å². The predicted octanol–water partition coefficient (Wildman–Crippen LogP) is 3.62. The second kappa shape index (κ2) is 5.09. The normalized spacial score (nSPS) is 10.4. The van der Waals surface area contributed by atoms with E-state index in [1.165, 1.54) is 7.11 Å². The Hall–Kier alpha value is -2.75. The number of rotatable bonds is 3. The van der Waals surface area contributed by atoms with Crippen molar-refractivity contribution in [3.63, 3.8) is 0 Å². The molecule has 0 unspecified atom stereocenters. The van der Waals surface area contributed by atoms with E-state index in [4.69, 9.17) is 15.2 Å². The van der Waals surface area contributed by atoms with Crippen molar-refractivity contribution in [1.29, 1.82) is 0 Å². The first-order valence-corrected chi connectivity index (χ1v) is 6.24. The van der Waals surface area contributed by atoms with Gasteiger partial charge in [-0.15, -0.1) is 0 Å². The summed E-state index contributed by atoms with van der Waals surface area (Å²) in [6.45, 7) is 0. The number of nitrogens with zero attached hydrogens (tertiary/aromatic N) is 1. The monoisotopic (exact) mass is 266 g/mol. The van der Waals surface area contributed by atoms with Gasteiger partial charge in [0.25, 0.3) is 0 Å². The molecule has 1 aromatic heterocycles. The Morgan fingerprint density at radius 3 is 2.60 bits per heavy atom. The van der Waals surface area contributed by atoms with Gasteiger partial charge in [0, 0.05) is 11.5 Å². The molecule has 0 amide bonds. The maximum absolute atomic E-state index is 5.84. The van der Waals surface area contributed by atoms with Crippen molar-refractivity contribution in [2.45, 2.75) is 0 Å². The third-order valence-corrected chi connectivity index (χ3v) is 3.02. The molecule has 0 radical (unpaired) electrons. The van der Waals surface area contributed by atoms with Crippen LogP contribution in [-0.2, 0) is 0 Å². The maximum Gasteiger partial charge on any atom is 0.240 e. The zero-order valence-corrected chi connectivity index (χ0v) is 11.0. The summed E-state index contributed by atoms with van der Waals surface area (Å²) in [4.78, 5) is 4.22. The summed E-state index contributed by atoms with van der Waals surface area (Å²) in [6, 6.07) is 17.4. The van der Waals surface area contributed by atoms with Gasteiger partial charge in [-0.1, -0.05) is 36.4 Å². The second-order valence-corrected chi connectivity index (χ2v) is 4.33. The number of nitrogens with two attached hydrogens (primary N) is 1. The molecule has 1 heterocycles. The smallest absolute Gasteiger partial charge is 0.240 e. The fraction of sp³-hybridized carbons (Fsp3) is 0.0625. The molecule has 0 saturated carbocycles. The fourth-order valence-electron chi connectivity index (χ4n) is 2.05. The third-order valence-electron chi connectivity index (χ3n) is 3.02. The van der Waals surface area contributed by atoms with Gasteiger partial charge in [0.05, 0.1) is 12.8 Å². The van der Waals surface area contributed by atoms with Crippen LogP contribution in [0.15, 0.2) is 54.6 Å². The molecule has 4 nitrogen and oxygen atoms in total. The topological polar surface area (TPSA) is 57.4 Å². The fourth-order valence-corrected chi connectivity index (χ4v) is 2.05. The van der Waals surface area contributed by atoms with E-state index in [-0.39, 0.29) is 0 Å². The molecule has 20 heavy (non-hydrogen) atoms. The number of pyridine rings is 1. The lowest BCUT2D eigenvalue weighted by molar-refractivity contribution is 0.386. The first-order valence-electron chi connectivity index (χ1n) is 6.24. The SMILES string of the molecule is COc1nc(Oc2cccc3ccccc23)ccc1N. The van der Waals surface area contributed by atoms with Gasteiger partial charge in [-0.05, 0) is 17.5 Å². The quantitative estimate of drug-likeness (QED) is 0.786. The zero-order chi connectivity index (χ0) is 13.9. The molecule has 3 rings (SSSR count).